The fraction of sp³-hybridized carbons (Fsp3) is 0.412. The molecule has 0 spiro atoms. The summed E-state index contributed by atoms with van der Waals surface area (Å²) in [4.78, 5) is 27.6. The van der Waals surface area contributed by atoms with Crippen molar-refractivity contribution in [2.75, 3.05) is 11.9 Å². The van der Waals surface area contributed by atoms with Gasteiger partial charge in [-0.25, -0.2) is 19.3 Å². The first-order chi connectivity index (χ1) is 13.3. The van der Waals surface area contributed by atoms with Crippen molar-refractivity contribution in [3.05, 3.63) is 34.7 Å². The Bertz CT molecular complexity index is 922. The number of pyridine rings is 1. The zero-order chi connectivity index (χ0) is 22.0. The van der Waals surface area contributed by atoms with Crippen molar-refractivity contribution in [3.8, 4) is 5.82 Å². The van der Waals surface area contributed by atoms with E-state index in [4.69, 9.17) is 16.3 Å². The number of rotatable bonds is 4. The van der Waals surface area contributed by atoms with Crippen LogP contribution in [0.25, 0.3) is 5.82 Å². The van der Waals surface area contributed by atoms with E-state index >= 15 is 0 Å². The number of aromatic nitrogens is 3. The Labute approximate surface area is 168 Å². The molecule has 1 amide bonds. The highest BCUT2D eigenvalue weighted by Gasteiger charge is 2.41. The monoisotopic (exact) mass is 434 g/mol. The third-order valence-electron chi connectivity index (χ3n) is 3.24. The summed E-state index contributed by atoms with van der Waals surface area (Å²) in [5, 5.41) is 5.61. The quantitative estimate of drug-likeness (QED) is 0.714. The molecule has 0 saturated heterocycles. The molecule has 158 valence electrons. The normalized spacial score (nSPS) is 11.9. The molecule has 0 atom stereocenters. The van der Waals surface area contributed by atoms with Crippen LogP contribution in [0.4, 0.5) is 23.7 Å². The minimum atomic E-state index is -4.96. The number of anilines is 1. The van der Waals surface area contributed by atoms with E-state index in [9.17, 15) is 22.8 Å². The van der Waals surface area contributed by atoms with E-state index in [1.165, 1.54) is 13.0 Å². The van der Waals surface area contributed by atoms with Crippen LogP contribution in [0.15, 0.2) is 18.5 Å². The smallest absolute Gasteiger partial charge is 0.434 e. The molecule has 0 bridgehead atoms. The van der Waals surface area contributed by atoms with Crippen molar-refractivity contribution in [2.45, 2.75) is 39.5 Å². The lowest BCUT2D eigenvalue weighted by atomic mass is 10.2. The molecular formula is C17H18ClF3N4O4. The second kappa shape index (κ2) is 8.27. The van der Waals surface area contributed by atoms with E-state index in [1.54, 1.807) is 20.8 Å². The molecule has 0 radical (unpaired) electrons. The number of halogens is 4. The molecule has 0 aliphatic heterocycles. The first-order valence-electron chi connectivity index (χ1n) is 8.32. The van der Waals surface area contributed by atoms with Gasteiger partial charge in [0.15, 0.2) is 11.5 Å². The molecule has 2 heterocycles. The number of nitrogens with zero attached hydrogens (tertiary/aromatic N) is 3. The molecule has 2 aromatic rings. The number of nitrogens with one attached hydrogen (secondary N) is 1. The zero-order valence-corrected chi connectivity index (χ0v) is 16.7. The summed E-state index contributed by atoms with van der Waals surface area (Å²) in [6.45, 7) is 6.27. The van der Waals surface area contributed by atoms with Gasteiger partial charge >= 0.3 is 18.2 Å². The fourth-order valence-electron chi connectivity index (χ4n) is 2.23. The van der Waals surface area contributed by atoms with E-state index in [-0.39, 0.29) is 17.3 Å². The highest BCUT2D eigenvalue weighted by molar-refractivity contribution is 6.35. The Kier molecular flexibility index (Phi) is 6.41. The van der Waals surface area contributed by atoms with Gasteiger partial charge in [0.2, 0.25) is 0 Å². The molecule has 0 aromatic carbocycles. The Morgan fingerprint density at radius 2 is 1.93 bits per heavy atom. The van der Waals surface area contributed by atoms with Crippen LogP contribution in [0.3, 0.4) is 0 Å². The summed E-state index contributed by atoms with van der Waals surface area (Å²) in [5.41, 5.74) is -3.04. The number of alkyl halides is 3. The van der Waals surface area contributed by atoms with E-state index in [2.05, 4.69) is 20.1 Å². The minimum absolute atomic E-state index is 0.0489. The molecule has 0 saturated carbocycles. The maximum absolute atomic E-state index is 13.6. The zero-order valence-electron chi connectivity index (χ0n) is 15.9. The summed E-state index contributed by atoms with van der Waals surface area (Å²) >= 11 is 6.15. The third kappa shape index (κ3) is 5.37. The molecule has 2 rings (SSSR count). The predicted octanol–water partition coefficient (Wildman–Crippen LogP) is 4.46. The van der Waals surface area contributed by atoms with Gasteiger partial charge in [-0.05, 0) is 33.8 Å². The summed E-state index contributed by atoms with van der Waals surface area (Å²) in [5.74, 6) is -1.63. The predicted molar refractivity (Wildman–Crippen MR) is 97.2 cm³/mol. The van der Waals surface area contributed by atoms with Crippen LogP contribution in [0, 0.1) is 0 Å². The van der Waals surface area contributed by atoms with Crippen molar-refractivity contribution in [3.63, 3.8) is 0 Å². The van der Waals surface area contributed by atoms with Gasteiger partial charge in [0.1, 0.15) is 16.2 Å². The lowest BCUT2D eigenvalue weighted by Crippen LogP contribution is -2.27. The maximum Gasteiger partial charge on any atom is 0.434 e. The van der Waals surface area contributed by atoms with Crippen LogP contribution in [-0.2, 0) is 15.7 Å². The van der Waals surface area contributed by atoms with Crippen molar-refractivity contribution < 1.29 is 32.2 Å². The van der Waals surface area contributed by atoms with Gasteiger partial charge in [0.05, 0.1) is 18.5 Å². The summed E-state index contributed by atoms with van der Waals surface area (Å²) in [7, 11) is 0. The van der Waals surface area contributed by atoms with Gasteiger partial charge < -0.3 is 9.47 Å². The Balaban J connectivity index is 2.51. The molecule has 0 unspecified atom stereocenters. The van der Waals surface area contributed by atoms with Crippen LogP contribution >= 0.6 is 11.6 Å². The van der Waals surface area contributed by atoms with E-state index in [0.717, 1.165) is 6.20 Å². The number of amides is 1. The molecule has 2 aromatic heterocycles. The number of hydrogen-bond donors (Lipinski definition) is 1. The largest absolute Gasteiger partial charge is 0.462 e. The van der Waals surface area contributed by atoms with Crippen LogP contribution in [0.5, 0.6) is 0 Å². The molecular weight excluding hydrogens is 417 g/mol. The van der Waals surface area contributed by atoms with Crippen LogP contribution in [-0.4, -0.2) is 39.0 Å². The first kappa shape index (κ1) is 22.5. The highest BCUT2D eigenvalue weighted by atomic mass is 35.5. The van der Waals surface area contributed by atoms with Crippen LogP contribution in [0.1, 0.15) is 43.7 Å². The van der Waals surface area contributed by atoms with E-state index in [0.29, 0.717) is 10.9 Å². The van der Waals surface area contributed by atoms with Gasteiger partial charge in [0.25, 0.3) is 0 Å². The lowest BCUT2D eigenvalue weighted by Gasteiger charge is -2.20. The van der Waals surface area contributed by atoms with Gasteiger partial charge in [-0.3, -0.25) is 5.32 Å². The van der Waals surface area contributed by atoms with Gasteiger partial charge in [-0.2, -0.15) is 18.3 Å². The van der Waals surface area contributed by atoms with Crippen LogP contribution < -0.4 is 5.32 Å². The molecule has 29 heavy (non-hydrogen) atoms. The maximum atomic E-state index is 13.6. The molecule has 0 aliphatic rings. The number of carbonyl (C=O) groups excluding carboxylic acids is 2. The summed E-state index contributed by atoms with van der Waals surface area (Å²) < 4.78 is 51.0. The summed E-state index contributed by atoms with van der Waals surface area (Å²) in [6, 6.07) is 1.28. The highest BCUT2D eigenvalue weighted by Crippen LogP contribution is 2.36. The molecule has 0 aliphatic carbocycles. The molecule has 12 heteroatoms. The minimum Gasteiger partial charge on any atom is -0.462 e. The van der Waals surface area contributed by atoms with Crippen LogP contribution in [0.2, 0.25) is 5.02 Å². The molecule has 8 nitrogen and oxygen atoms in total. The van der Waals surface area contributed by atoms with Gasteiger partial charge in [-0.15, -0.1) is 0 Å². The number of hydrogen-bond acceptors (Lipinski definition) is 6. The Morgan fingerprint density at radius 1 is 1.28 bits per heavy atom. The van der Waals surface area contributed by atoms with E-state index in [1.807, 2.05) is 0 Å². The SMILES string of the molecule is CCOC(=O)c1cnn(-c2nccc(NC(=O)OC(C)(C)C)c2Cl)c1C(F)(F)F. The standard InChI is InChI=1S/C17H18ClF3N4O4/c1-5-28-14(26)9-8-23-25(12(9)17(19,20)21)13-11(18)10(6-7-22-13)24-15(27)29-16(2,3)4/h6-8H,5H2,1-4H3,(H,22,24,27). The Hall–Kier alpha value is -2.82. The van der Waals surface area contributed by atoms with Crippen molar-refractivity contribution >= 4 is 29.4 Å². The first-order valence-corrected chi connectivity index (χ1v) is 8.70. The van der Waals surface area contributed by atoms with E-state index < -0.39 is 40.9 Å². The molecule has 0 fully saturated rings. The molecule has 1 N–H and O–H groups in total. The second-order valence-electron chi connectivity index (χ2n) is 6.66. The summed E-state index contributed by atoms with van der Waals surface area (Å²) in [6.07, 6.45) is -3.98. The average molecular weight is 435 g/mol. The number of carbonyl (C=O) groups is 2. The lowest BCUT2D eigenvalue weighted by molar-refractivity contribution is -0.143. The fourth-order valence-corrected chi connectivity index (χ4v) is 2.47. The van der Waals surface area contributed by atoms with Gasteiger partial charge in [-0.1, -0.05) is 11.6 Å². The van der Waals surface area contributed by atoms with Crippen molar-refractivity contribution in [1.82, 2.24) is 14.8 Å². The van der Waals surface area contributed by atoms with Gasteiger partial charge in [0, 0.05) is 6.20 Å². The second-order valence-corrected chi connectivity index (χ2v) is 7.04. The van der Waals surface area contributed by atoms with Crippen molar-refractivity contribution in [2.24, 2.45) is 0 Å². The van der Waals surface area contributed by atoms with Crippen molar-refractivity contribution in [1.29, 1.82) is 0 Å². The topological polar surface area (TPSA) is 95.3 Å². The average Bonchev–Trinajstić information content (AvgIpc) is 3.00. The Morgan fingerprint density at radius 3 is 2.48 bits per heavy atom. The number of esters is 1. The third-order valence-corrected chi connectivity index (χ3v) is 3.61. The number of ether oxygens (including phenoxy) is 2.